The zero-order valence-corrected chi connectivity index (χ0v) is 13.5. The van der Waals surface area contributed by atoms with Crippen LogP contribution < -0.4 is 0 Å². The van der Waals surface area contributed by atoms with Gasteiger partial charge in [0.1, 0.15) is 0 Å². The highest BCUT2D eigenvalue weighted by atomic mass is 35.5. The maximum Gasteiger partial charge on any atom is 0.269 e. The molecule has 3 aromatic rings. The highest BCUT2D eigenvalue weighted by Crippen LogP contribution is 2.41. The van der Waals surface area contributed by atoms with Crippen molar-refractivity contribution in [3.63, 3.8) is 0 Å². The molecule has 1 atom stereocenters. The van der Waals surface area contributed by atoms with E-state index in [0.29, 0.717) is 21.6 Å². The number of nitro benzene ring substituents is 1. The van der Waals surface area contributed by atoms with Gasteiger partial charge >= 0.3 is 0 Å². The van der Waals surface area contributed by atoms with E-state index in [1.54, 1.807) is 30.3 Å². The third kappa shape index (κ3) is 2.44. The summed E-state index contributed by atoms with van der Waals surface area (Å²) in [4.78, 5) is 15.6. The molecule has 0 fully saturated rings. The van der Waals surface area contributed by atoms with Gasteiger partial charge in [0.2, 0.25) is 0 Å². The molecule has 0 bridgehead atoms. The average Bonchev–Trinajstić information content (AvgIpc) is 2.99. The lowest BCUT2D eigenvalue weighted by Crippen LogP contribution is -2.17. The van der Waals surface area contributed by atoms with Crippen molar-refractivity contribution in [3.05, 3.63) is 63.2 Å². The van der Waals surface area contributed by atoms with Crippen LogP contribution in [-0.2, 0) is 0 Å². The summed E-state index contributed by atoms with van der Waals surface area (Å²) in [5, 5.41) is 26.9. The van der Waals surface area contributed by atoms with Crippen molar-refractivity contribution in [2.45, 2.75) is 16.3 Å². The quantitative estimate of drug-likeness (QED) is 0.555. The minimum atomic E-state index is -1.12. The van der Waals surface area contributed by atoms with E-state index < -0.39 is 11.2 Å². The molecule has 0 spiro atoms. The van der Waals surface area contributed by atoms with Gasteiger partial charge in [-0.1, -0.05) is 11.6 Å². The highest BCUT2D eigenvalue weighted by Gasteiger charge is 2.29. The second-order valence-electron chi connectivity index (χ2n) is 5.12. The SMILES string of the molecule is O=[N+]([O-])c1ccc2c(c1)C(O)n1nc(-c3ccc(Cl)cc3)nc1S2. The van der Waals surface area contributed by atoms with Crippen molar-refractivity contribution in [1.82, 2.24) is 14.8 Å². The van der Waals surface area contributed by atoms with Crippen LogP contribution in [0.2, 0.25) is 5.02 Å². The van der Waals surface area contributed by atoms with Gasteiger partial charge in [0, 0.05) is 33.2 Å². The Labute approximate surface area is 145 Å². The lowest BCUT2D eigenvalue weighted by molar-refractivity contribution is -0.385. The smallest absolute Gasteiger partial charge is 0.269 e. The van der Waals surface area contributed by atoms with Crippen LogP contribution in [0.3, 0.4) is 0 Å². The maximum atomic E-state index is 10.9. The molecule has 0 saturated carbocycles. The van der Waals surface area contributed by atoms with Crippen LogP contribution in [0.5, 0.6) is 0 Å². The van der Waals surface area contributed by atoms with Crippen molar-refractivity contribution in [2.24, 2.45) is 0 Å². The standard InChI is InChI=1S/C15H9ClN4O3S/c16-9-3-1-8(2-4-9)13-17-15-19(18-13)14(21)11-7-10(20(22)23)5-6-12(11)24-15/h1-7,14,21H. The summed E-state index contributed by atoms with van der Waals surface area (Å²) in [7, 11) is 0. The molecule has 7 nitrogen and oxygen atoms in total. The van der Waals surface area contributed by atoms with Crippen molar-refractivity contribution in [2.75, 3.05) is 0 Å². The summed E-state index contributed by atoms with van der Waals surface area (Å²) in [5.41, 5.74) is 1.13. The van der Waals surface area contributed by atoms with Crippen molar-refractivity contribution < 1.29 is 10.0 Å². The van der Waals surface area contributed by atoms with E-state index in [-0.39, 0.29) is 5.69 Å². The third-order valence-corrected chi connectivity index (χ3v) is 4.92. The Bertz CT molecular complexity index is 958. The monoisotopic (exact) mass is 360 g/mol. The van der Waals surface area contributed by atoms with Crippen LogP contribution in [0.1, 0.15) is 11.8 Å². The molecule has 24 heavy (non-hydrogen) atoms. The number of aliphatic hydroxyl groups is 1. The van der Waals surface area contributed by atoms with Crippen molar-refractivity contribution in [3.8, 4) is 11.4 Å². The number of non-ortho nitro benzene ring substituents is 1. The molecule has 1 unspecified atom stereocenters. The molecule has 120 valence electrons. The Morgan fingerprint density at radius 3 is 2.71 bits per heavy atom. The Kier molecular flexibility index (Phi) is 3.52. The van der Waals surface area contributed by atoms with Crippen LogP contribution in [0, 0.1) is 10.1 Å². The van der Waals surface area contributed by atoms with Gasteiger partial charge in [-0.3, -0.25) is 10.1 Å². The zero-order valence-electron chi connectivity index (χ0n) is 12.0. The first-order valence-electron chi connectivity index (χ1n) is 6.89. The fraction of sp³-hybridized carbons (Fsp3) is 0.0667. The molecule has 1 aromatic heterocycles. The number of hydrogen-bond acceptors (Lipinski definition) is 6. The minimum absolute atomic E-state index is 0.0742. The normalized spacial score (nSPS) is 15.7. The van der Waals surface area contributed by atoms with Crippen LogP contribution >= 0.6 is 23.4 Å². The third-order valence-electron chi connectivity index (χ3n) is 3.62. The van der Waals surface area contributed by atoms with E-state index in [9.17, 15) is 15.2 Å². The van der Waals surface area contributed by atoms with E-state index >= 15 is 0 Å². The van der Waals surface area contributed by atoms with Gasteiger partial charge in [0.05, 0.1) is 4.92 Å². The molecular weight excluding hydrogens is 352 g/mol. The molecule has 2 aromatic carbocycles. The first-order chi connectivity index (χ1) is 11.5. The second-order valence-corrected chi connectivity index (χ2v) is 6.57. The Morgan fingerprint density at radius 2 is 2.00 bits per heavy atom. The zero-order chi connectivity index (χ0) is 16.8. The second kappa shape index (κ2) is 5.59. The minimum Gasteiger partial charge on any atom is -0.368 e. The number of nitrogens with zero attached hydrogens (tertiary/aromatic N) is 4. The number of rotatable bonds is 2. The first-order valence-corrected chi connectivity index (χ1v) is 8.09. The number of aromatic nitrogens is 3. The largest absolute Gasteiger partial charge is 0.368 e. The molecule has 0 saturated heterocycles. The molecule has 1 aliphatic rings. The number of hydrogen-bond donors (Lipinski definition) is 1. The molecule has 0 amide bonds. The molecule has 0 radical (unpaired) electrons. The van der Waals surface area contributed by atoms with Crippen molar-refractivity contribution >= 4 is 29.1 Å². The average molecular weight is 361 g/mol. The summed E-state index contributed by atoms with van der Waals surface area (Å²) in [6.45, 7) is 0. The predicted molar refractivity (Wildman–Crippen MR) is 88.0 cm³/mol. The molecule has 4 rings (SSSR count). The summed E-state index contributed by atoms with van der Waals surface area (Å²) in [5.74, 6) is 0.454. The van der Waals surface area contributed by atoms with Gasteiger partial charge in [0.25, 0.3) is 5.69 Å². The van der Waals surface area contributed by atoms with Crippen molar-refractivity contribution in [1.29, 1.82) is 0 Å². The Hall–Kier alpha value is -2.42. The van der Waals surface area contributed by atoms with Gasteiger partial charge < -0.3 is 5.11 Å². The van der Waals surface area contributed by atoms with Gasteiger partial charge in [-0.2, -0.15) is 0 Å². The number of aliphatic hydroxyl groups excluding tert-OH is 1. The summed E-state index contributed by atoms with van der Waals surface area (Å²) < 4.78 is 1.36. The van der Waals surface area contributed by atoms with Gasteiger partial charge in [-0.25, -0.2) is 9.67 Å². The van der Waals surface area contributed by atoms with Crippen LogP contribution in [0.4, 0.5) is 5.69 Å². The first kappa shape index (κ1) is 15.1. The fourth-order valence-corrected chi connectivity index (χ4v) is 3.54. The summed E-state index contributed by atoms with van der Waals surface area (Å²) in [6.07, 6.45) is -1.12. The van der Waals surface area contributed by atoms with E-state index in [0.717, 1.165) is 10.5 Å². The van der Waals surface area contributed by atoms with E-state index in [1.165, 1.54) is 28.6 Å². The summed E-state index contributed by atoms with van der Waals surface area (Å²) >= 11 is 7.19. The fourth-order valence-electron chi connectivity index (χ4n) is 2.43. The molecule has 1 N–H and O–H groups in total. The maximum absolute atomic E-state index is 10.9. The lowest BCUT2D eigenvalue weighted by Gasteiger charge is -2.21. The van der Waals surface area contributed by atoms with Crippen LogP contribution in [0.25, 0.3) is 11.4 Å². The van der Waals surface area contributed by atoms with Crippen LogP contribution in [0.15, 0.2) is 52.5 Å². The van der Waals surface area contributed by atoms with E-state index in [1.807, 2.05) is 0 Å². The lowest BCUT2D eigenvalue weighted by atomic mass is 10.1. The Balaban J connectivity index is 1.76. The molecule has 1 aliphatic heterocycles. The van der Waals surface area contributed by atoms with Crippen LogP contribution in [-0.4, -0.2) is 24.8 Å². The van der Waals surface area contributed by atoms with Gasteiger partial charge in [-0.05, 0) is 42.1 Å². The molecule has 9 heteroatoms. The predicted octanol–water partition coefficient (Wildman–Crippen LogP) is 3.51. The molecule has 2 heterocycles. The number of fused-ring (bicyclic) bond motifs is 2. The highest BCUT2D eigenvalue weighted by molar-refractivity contribution is 7.99. The topological polar surface area (TPSA) is 94.1 Å². The molecule has 0 aliphatic carbocycles. The number of nitro groups is 1. The number of benzene rings is 2. The van der Waals surface area contributed by atoms with E-state index in [2.05, 4.69) is 10.1 Å². The van der Waals surface area contributed by atoms with Gasteiger partial charge in [0.15, 0.2) is 17.2 Å². The number of halogens is 1. The summed E-state index contributed by atoms with van der Waals surface area (Å²) in [6, 6.07) is 11.4. The van der Waals surface area contributed by atoms with E-state index in [4.69, 9.17) is 11.6 Å². The Morgan fingerprint density at radius 1 is 1.25 bits per heavy atom. The molecular formula is C15H9ClN4O3S. The van der Waals surface area contributed by atoms with Gasteiger partial charge in [-0.15, -0.1) is 5.10 Å².